The van der Waals surface area contributed by atoms with Gasteiger partial charge in [-0.25, -0.2) is 4.99 Å². The van der Waals surface area contributed by atoms with E-state index >= 15 is 0 Å². The van der Waals surface area contributed by atoms with Crippen LogP contribution >= 0.6 is 23.2 Å². The Labute approximate surface area is 110 Å². The van der Waals surface area contributed by atoms with Gasteiger partial charge in [0.25, 0.3) is 0 Å². The summed E-state index contributed by atoms with van der Waals surface area (Å²) in [6.07, 6.45) is 3.85. The van der Waals surface area contributed by atoms with Gasteiger partial charge in [-0.1, -0.05) is 23.2 Å². The number of hydrogen-bond donors (Lipinski definition) is 0. The van der Waals surface area contributed by atoms with Gasteiger partial charge in [0.2, 0.25) is 0 Å². The van der Waals surface area contributed by atoms with Crippen molar-refractivity contribution in [3.63, 3.8) is 0 Å². The van der Waals surface area contributed by atoms with Crippen LogP contribution in [0.1, 0.15) is 24.8 Å². The zero-order chi connectivity index (χ0) is 11.6. The zero-order valence-electron chi connectivity index (χ0n) is 9.29. The van der Waals surface area contributed by atoms with Gasteiger partial charge >= 0.3 is 0 Å². The maximum atomic E-state index is 6.25. The van der Waals surface area contributed by atoms with Gasteiger partial charge in [-0.05, 0) is 31.4 Å². The lowest BCUT2D eigenvalue weighted by Gasteiger charge is -2.34. The fourth-order valence-corrected chi connectivity index (χ4v) is 3.83. The first-order valence-corrected chi connectivity index (χ1v) is 6.82. The molecule has 4 heteroatoms. The molecule has 0 amide bonds. The van der Waals surface area contributed by atoms with Crippen LogP contribution in [0.3, 0.4) is 0 Å². The normalized spacial score (nSPS) is 29.1. The van der Waals surface area contributed by atoms with Crippen molar-refractivity contribution in [1.29, 1.82) is 0 Å². The van der Waals surface area contributed by atoms with Crippen LogP contribution in [-0.2, 0) is 6.54 Å². The lowest BCUT2D eigenvalue weighted by Crippen LogP contribution is -2.38. The maximum absolute atomic E-state index is 6.25. The van der Waals surface area contributed by atoms with Gasteiger partial charge in [-0.2, -0.15) is 0 Å². The van der Waals surface area contributed by atoms with E-state index in [0.717, 1.165) is 27.8 Å². The Morgan fingerprint density at radius 2 is 2.00 bits per heavy atom. The van der Waals surface area contributed by atoms with E-state index in [0.29, 0.717) is 12.0 Å². The van der Waals surface area contributed by atoms with E-state index in [9.17, 15) is 0 Å². The highest BCUT2D eigenvalue weighted by Gasteiger charge is 2.44. The van der Waals surface area contributed by atoms with Crippen LogP contribution in [0.4, 0.5) is 5.69 Å². The molecule has 2 bridgehead atoms. The summed E-state index contributed by atoms with van der Waals surface area (Å²) >= 11 is 12.5. The molecule has 2 fully saturated rings. The molecule has 0 spiro atoms. The van der Waals surface area contributed by atoms with Gasteiger partial charge in [-0.3, -0.25) is 0 Å². The molecule has 17 heavy (non-hydrogen) atoms. The lowest BCUT2D eigenvalue weighted by molar-refractivity contribution is 0.317. The molecule has 3 aliphatic rings. The van der Waals surface area contributed by atoms with Crippen LogP contribution in [0.5, 0.6) is 0 Å². The SMILES string of the molecule is Clc1ccc(Cl)c2c1CN1C(=N2)C2CCC1C2. The summed E-state index contributed by atoms with van der Waals surface area (Å²) in [5.74, 6) is 1.90. The van der Waals surface area contributed by atoms with Gasteiger partial charge in [0.15, 0.2) is 0 Å². The van der Waals surface area contributed by atoms with E-state index in [4.69, 9.17) is 28.2 Å². The minimum absolute atomic E-state index is 0.656. The molecule has 0 aromatic heterocycles. The van der Waals surface area contributed by atoms with Gasteiger partial charge in [0.1, 0.15) is 5.84 Å². The number of amidine groups is 1. The number of rotatable bonds is 0. The van der Waals surface area contributed by atoms with E-state index in [2.05, 4.69) is 4.90 Å². The van der Waals surface area contributed by atoms with Crippen molar-refractivity contribution in [2.24, 2.45) is 10.9 Å². The Bertz CT molecular complexity index is 538. The number of fused-ring (bicyclic) bond motifs is 6. The standard InChI is InChI=1S/C13H12Cl2N2/c14-10-3-4-11(15)12-9(10)6-17-8-2-1-7(5-8)13(17)16-12/h3-4,7-8H,1-2,5-6H2. The number of piperidine rings is 1. The second-order valence-electron chi connectivity index (χ2n) is 5.12. The molecule has 1 aromatic rings. The summed E-state index contributed by atoms with van der Waals surface area (Å²) in [6.45, 7) is 0.884. The molecule has 2 heterocycles. The van der Waals surface area contributed by atoms with Gasteiger partial charge < -0.3 is 4.90 Å². The summed E-state index contributed by atoms with van der Waals surface area (Å²) in [4.78, 5) is 7.21. The van der Waals surface area contributed by atoms with E-state index in [1.54, 1.807) is 0 Å². The van der Waals surface area contributed by atoms with Crippen molar-refractivity contribution < 1.29 is 0 Å². The predicted molar refractivity (Wildman–Crippen MR) is 70.2 cm³/mol. The average molecular weight is 267 g/mol. The van der Waals surface area contributed by atoms with E-state index in [1.807, 2.05) is 12.1 Å². The Morgan fingerprint density at radius 1 is 1.18 bits per heavy atom. The summed E-state index contributed by atoms with van der Waals surface area (Å²) in [5.41, 5.74) is 1.99. The minimum Gasteiger partial charge on any atom is -0.352 e. The number of hydrogen-bond acceptors (Lipinski definition) is 2. The molecule has 2 nitrogen and oxygen atoms in total. The number of halogens is 2. The number of benzene rings is 1. The van der Waals surface area contributed by atoms with Crippen molar-refractivity contribution in [3.8, 4) is 0 Å². The highest BCUT2D eigenvalue weighted by atomic mass is 35.5. The topological polar surface area (TPSA) is 15.6 Å². The van der Waals surface area contributed by atoms with Crippen LogP contribution in [-0.4, -0.2) is 16.8 Å². The van der Waals surface area contributed by atoms with Crippen molar-refractivity contribution in [1.82, 2.24) is 4.90 Å². The molecule has 88 valence electrons. The molecule has 2 atom stereocenters. The highest BCUT2D eigenvalue weighted by Crippen LogP contribution is 2.47. The monoisotopic (exact) mass is 266 g/mol. The summed E-state index contributed by atoms with van der Waals surface area (Å²) in [7, 11) is 0. The molecular weight excluding hydrogens is 255 g/mol. The van der Waals surface area contributed by atoms with Crippen LogP contribution < -0.4 is 0 Å². The molecule has 1 aliphatic carbocycles. The first-order chi connectivity index (χ1) is 8.24. The Balaban J connectivity index is 1.90. The number of aliphatic imine (C=N–C) groups is 1. The third-order valence-corrected chi connectivity index (χ3v) is 4.90. The van der Waals surface area contributed by atoms with Crippen LogP contribution in [0, 0.1) is 5.92 Å². The molecule has 2 unspecified atom stereocenters. The third-order valence-electron chi connectivity index (χ3n) is 4.24. The van der Waals surface area contributed by atoms with Crippen molar-refractivity contribution >= 4 is 34.7 Å². The third kappa shape index (κ3) is 1.31. The molecule has 1 saturated heterocycles. The maximum Gasteiger partial charge on any atom is 0.109 e. The second kappa shape index (κ2) is 3.39. The molecule has 4 rings (SSSR count). The first-order valence-electron chi connectivity index (χ1n) is 6.06. The zero-order valence-corrected chi connectivity index (χ0v) is 10.8. The molecule has 1 saturated carbocycles. The molecule has 0 N–H and O–H groups in total. The van der Waals surface area contributed by atoms with Gasteiger partial charge in [0, 0.05) is 29.1 Å². The Kier molecular flexibility index (Phi) is 2.04. The highest BCUT2D eigenvalue weighted by molar-refractivity contribution is 6.36. The fraction of sp³-hybridized carbons (Fsp3) is 0.462. The molecular formula is C13H12Cl2N2. The average Bonchev–Trinajstić information content (AvgIpc) is 2.94. The van der Waals surface area contributed by atoms with Crippen LogP contribution in [0.15, 0.2) is 17.1 Å². The van der Waals surface area contributed by atoms with Gasteiger partial charge in [0.05, 0.1) is 10.7 Å². The van der Waals surface area contributed by atoms with Crippen LogP contribution in [0.2, 0.25) is 10.0 Å². The van der Waals surface area contributed by atoms with Crippen LogP contribution in [0.25, 0.3) is 0 Å². The summed E-state index contributed by atoms with van der Waals surface area (Å²) in [6, 6.07) is 4.40. The fourth-order valence-electron chi connectivity index (χ4n) is 3.40. The van der Waals surface area contributed by atoms with E-state index in [-0.39, 0.29) is 0 Å². The van der Waals surface area contributed by atoms with Crippen molar-refractivity contribution in [3.05, 3.63) is 27.7 Å². The first kappa shape index (κ1) is 10.2. The minimum atomic E-state index is 0.656. The second-order valence-corrected chi connectivity index (χ2v) is 5.93. The largest absolute Gasteiger partial charge is 0.352 e. The lowest BCUT2D eigenvalue weighted by atomic mass is 10.0. The van der Waals surface area contributed by atoms with E-state index in [1.165, 1.54) is 25.1 Å². The summed E-state index contributed by atoms with van der Waals surface area (Å²) < 4.78 is 0. The molecule has 0 radical (unpaired) electrons. The number of nitrogens with zero attached hydrogens (tertiary/aromatic N) is 2. The van der Waals surface area contributed by atoms with Gasteiger partial charge in [-0.15, -0.1) is 0 Å². The molecule has 1 aromatic carbocycles. The Morgan fingerprint density at radius 3 is 2.88 bits per heavy atom. The van der Waals surface area contributed by atoms with Crippen molar-refractivity contribution in [2.75, 3.05) is 0 Å². The predicted octanol–water partition coefficient (Wildman–Crippen LogP) is 4.02. The van der Waals surface area contributed by atoms with Crippen molar-refractivity contribution in [2.45, 2.75) is 31.8 Å². The Hall–Kier alpha value is -0.730. The van der Waals surface area contributed by atoms with E-state index < -0.39 is 0 Å². The summed E-state index contributed by atoms with van der Waals surface area (Å²) in [5, 5.41) is 1.51. The smallest absolute Gasteiger partial charge is 0.109 e. The quantitative estimate of drug-likeness (QED) is 0.693. The molecule has 2 aliphatic heterocycles.